The lowest BCUT2D eigenvalue weighted by molar-refractivity contribution is -0.192. The Hall–Kier alpha value is -2.14. The van der Waals surface area contributed by atoms with Gasteiger partial charge in [0, 0.05) is 18.4 Å². The van der Waals surface area contributed by atoms with Gasteiger partial charge in [-0.1, -0.05) is 25.1 Å². The predicted molar refractivity (Wildman–Crippen MR) is 75.1 cm³/mol. The van der Waals surface area contributed by atoms with Gasteiger partial charge in [0.25, 0.3) is 0 Å². The highest BCUT2D eigenvalue weighted by atomic mass is 16.7. The van der Waals surface area contributed by atoms with E-state index < -0.39 is 17.7 Å². The lowest BCUT2D eigenvalue weighted by Gasteiger charge is -2.23. The fourth-order valence-corrected chi connectivity index (χ4v) is 2.17. The Kier molecular flexibility index (Phi) is 4.75. The van der Waals surface area contributed by atoms with Gasteiger partial charge in [-0.2, -0.15) is 0 Å². The molecular formula is C16H18O5. The SMILES string of the molecule is CCC(=O)OC1(O)CCC/C1=C\OC(=O)c1ccccc1. The molecule has 5 heteroatoms. The van der Waals surface area contributed by atoms with E-state index in [0.717, 1.165) is 0 Å². The summed E-state index contributed by atoms with van der Waals surface area (Å²) in [5.74, 6) is -2.65. The largest absolute Gasteiger partial charge is 0.431 e. The number of rotatable bonds is 4. The molecule has 1 fully saturated rings. The molecular weight excluding hydrogens is 272 g/mol. The van der Waals surface area contributed by atoms with Gasteiger partial charge in [0.05, 0.1) is 5.56 Å². The quantitative estimate of drug-likeness (QED) is 0.524. The fourth-order valence-electron chi connectivity index (χ4n) is 2.17. The molecule has 0 heterocycles. The topological polar surface area (TPSA) is 72.8 Å². The molecule has 1 N–H and O–H groups in total. The minimum atomic E-state index is -1.65. The number of carbonyl (C=O) groups excluding carboxylic acids is 2. The first-order valence-corrected chi connectivity index (χ1v) is 6.95. The Bertz CT molecular complexity index is 549. The molecule has 1 aliphatic carbocycles. The van der Waals surface area contributed by atoms with Gasteiger partial charge in [-0.3, -0.25) is 4.79 Å². The summed E-state index contributed by atoms with van der Waals surface area (Å²) in [5, 5.41) is 10.3. The zero-order valence-electron chi connectivity index (χ0n) is 11.9. The van der Waals surface area contributed by atoms with E-state index >= 15 is 0 Å². The highest BCUT2D eigenvalue weighted by Crippen LogP contribution is 2.36. The van der Waals surface area contributed by atoms with E-state index in [0.29, 0.717) is 30.4 Å². The number of hydrogen-bond donors (Lipinski definition) is 1. The fraction of sp³-hybridized carbons (Fsp3) is 0.375. The highest BCUT2D eigenvalue weighted by Gasteiger charge is 2.40. The molecule has 1 unspecified atom stereocenters. The highest BCUT2D eigenvalue weighted by molar-refractivity contribution is 5.89. The molecule has 0 amide bonds. The van der Waals surface area contributed by atoms with Crippen LogP contribution in [0.2, 0.25) is 0 Å². The Morgan fingerprint density at radius 2 is 2.05 bits per heavy atom. The summed E-state index contributed by atoms with van der Waals surface area (Å²) in [4.78, 5) is 23.2. The smallest absolute Gasteiger partial charge is 0.342 e. The van der Waals surface area contributed by atoms with Crippen molar-refractivity contribution in [3.63, 3.8) is 0 Å². The Morgan fingerprint density at radius 1 is 1.33 bits per heavy atom. The molecule has 1 aromatic rings. The van der Waals surface area contributed by atoms with E-state index in [1.807, 2.05) is 0 Å². The molecule has 5 nitrogen and oxygen atoms in total. The summed E-state index contributed by atoms with van der Waals surface area (Å²) in [5.41, 5.74) is 0.829. The van der Waals surface area contributed by atoms with Gasteiger partial charge < -0.3 is 14.6 Å². The van der Waals surface area contributed by atoms with Gasteiger partial charge in [-0.25, -0.2) is 4.79 Å². The molecule has 0 aliphatic heterocycles. The lowest BCUT2D eigenvalue weighted by atomic mass is 10.1. The van der Waals surface area contributed by atoms with Crippen LogP contribution in [0.3, 0.4) is 0 Å². The summed E-state index contributed by atoms with van der Waals surface area (Å²) in [6.45, 7) is 1.65. The zero-order chi connectivity index (χ0) is 15.3. The first-order chi connectivity index (χ1) is 10.0. The standard InChI is InChI=1S/C16H18O5/c1-2-14(17)21-16(19)10-6-9-13(16)11-20-15(18)12-7-4-3-5-8-12/h3-5,7-8,11,19H,2,6,9-10H2,1H3/b13-11+. The van der Waals surface area contributed by atoms with E-state index in [-0.39, 0.29) is 6.42 Å². The van der Waals surface area contributed by atoms with Crippen LogP contribution in [0.4, 0.5) is 0 Å². The van der Waals surface area contributed by atoms with Gasteiger partial charge in [-0.15, -0.1) is 0 Å². The second kappa shape index (κ2) is 6.54. The molecule has 1 aliphatic rings. The average Bonchev–Trinajstić information content (AvgIpc) is 2.86. The van der Waals surface area contributed by atoms with Crippen molar-refractivity contribution in [1.82, 2.24) is 0 Å². The summed E-state index contributed by atoms with van der Waals surface area (Å²) < 4.78 is 10.1. The van der Waals surface area contributed by atoms with Gasteiger partial charge >= 0.3 is 11.9 Å². The average molecular weight is 290 g/mol. The van der Waals surface area contributed by atoms with E-state index in [9.17, 15) is 14.7 Å². The first-order valence-electron chi connectivity index (χ1n) is 6.95. The van der Waals surface area contributed by atoms with Crippen molar-refractivity contribution in [2.24, 2.45) is 0 Å². The molecule has 0 radical (unpaired) electrons. The molecule has 0 saturated heterocycles. The monoisotopic (exact) mass is 290 g/mol. The van der Waals surface area contributed by atoms with Crippen molar-refractivity contribution in [2.75, 3.05) is 0 Å². The number of aliphatic hydroxyl groups is 1. The molecule has 1 saturated carbocycles. The van der Waals surface area contributed by atoms with Crippen LogP contribution in [-0.2, 0) is 14.3 Å². The maximum absolute atomic E-state index is 11.8. The van der Waals surface area contributed by atoms with Crippen molar-refractivity contribution < 1.29 is 24.2 Å². The van der Waals surface area contributed by atoms with Crippen LogP contribution in [0.1, 0.15) is 43.0 Å². The normalized spacial score (nSPS) is 23.0. The minimum Gasteiger partial charge on any atom is -0.431 e. The zero-order valence-corrected chi connectivity index (χ0v) is 11.9. The maximum Gasteiger partial charge on any atom is 0.342 e. The van der Waals surface area contributed by atoms with Crippen LogP contribution in [0.25, 0.3) is 0 Å². The summed E-state index contributed by atoms with van der Waals surface area (Å²) >= 11 is 0. The predicted octanol–water partition coefficient (Wildman–Crippen LogP) is 2.55. The Balaban J connectivity index is 2.06. The minimum absolute atomic E-state index is 0.180. The van der Waals surface area contributed by atoms with E-state index in [2.05, 4.69) is 0 Å². The van der Waals surface area contributed by atoms with Gasteiger partial charge in [0.15, 0.2) is 0 Å². The molecule has 2 rings (SSSR count). The van der Waals surface area contributed by atoms with Gasteiger partial charge in [-0.05, 0) is 25.0 Å². The van der Waals surface area contributed by atoms with Crippen LogP contribution < -0.4 is 0 Å². The number of ether oxygens (including phenoxy) is 2. The number of esters is 2. The van der Waals surface area contributed by atoms with Gasteiger partial charge in [0.2, 0.25) is 5.79 Å². The second-order valence-electron chi connectivity index (χ2n) is 4.88. The third kappa shape index (κ3) is 3.70. The van der Waals surface area contributed by atoms with E-state index in [1.54, 1.807) is 37.3 Å². The van der Waals surface area contributed by atoms with Crippen LogP contribution in [0.15, 0.2) is 42.2 Å². The van der Waals surface area contributed by atoms with Crippen molar-refractivity contribution >= 4 is 11.9 Å². The lowest BCUT2D eigenvalue weighted by Crippen LogP contribution is -2.33. The third-order valence-electron chi connectivity index (χ3n) is 3.35. The molecule has 1 atom stereocenters. The number of hydrogen-bond acceptors (Lipinski definition) is 5. The molecule has 112 valence electrons. The van der Waals surface area contributed by atoms with E-state index in [4.69, 9.17) is 9.47 Å². The summed E-state index contributed by atoms with van der Waals surface area (Å²) in [7, 11) is 0. The number of benzene rings is 1. The molecule has 0 spiro atoms. The molecule has 0 aromatic heterocycles. The number of carbonyl (C=O) groups is 2. The van der Waals surface area contributed by atoms with Gasteiger partial charge in [0.1, 0.15) is 6.26 Å². The van der Waals surface area contributed by atoms with Crippen molar-refractivity contribution in [3.8, 4) is 0 Å². The maximum atomic E-state index is 11.8. The summed E-state index contributed by atoms with van der Waals surface area (Å²) in [6, 6.07) is 8.55. The van der Waals surface area contributed by atoms with Crippen LogP contribution >= 0.6 is 0 Å². The molecule has 1 aromatic carbocycles. The van der Waals surface area contributed by atoms with Crippen molar-refractivity contribution in [2.45, 2.75) is 38.4 Å². The van der Waals surface area contributed by atoms with Crippen molar-refractivity contribution in [3.05, 3.63) is 47.7 Å². The Morgan fingerprint density at radius 3 is 2.71 bits per heavy atom. The molecule has 21 heavy (non-hydrogen) atoms. The third-order valence-corrected chi connectivity index (χ3v) is 3.35. The van der Waals surface area contributed by atoms with Crippen LogP contribution in [0.5, 0.6) is 0 Å². The van der Waals surface area contributed by atoms with Crippen molar-refractivity contribution in [1.29, 1.82) is 0 Å². The van der Waals surface area contributed by atoms with Crippen LogP contribution in [0, 0.1) is 0 Å². The van der Waals surface area contributed by atoms with Crippen LogP contribution in [-0.4, -0.2) is 22.8 Å². The van der Waals surface area contributed by atoms with E-state index in [1.165, 1.54) is 6.26 Å². The summed E-state index contributed by atoms with van der Waals surface area (Å²) in [6.07, 6.45) is 2.88. The molecule has 0 bridgehead atoms. The Labute approximate surface area is 123 Å². The second-order valence-corrected chi connectivity index (χ2v) is 4.88. The first kappa shape index (κ1) is 15.3.